The highest BCUT2D eigenvalue weighted by atomic mass is 35.6. The number of carbonyl (C=O) groups excluding carboxylic acids is 4. The van der Waals surface area contributed by atoms with Crippen molar-refractivity contribution in [2.75, 3.05) is 13.1 Å². The van der Waals surface area contributed by atoms with Crippen LogP contribution in [0.25, 0.3) is 0 Å². The zero-order valence-electron chi connectivity index (χ0n) is 66.8. The normalized spacial score (nSPS) is 25.2. The molecule has 4 rings (SSSR count). The van der Waals surface area contributed by atoms with Crippen LogP contribution in [-0.2, 0) is 41.9 Å². The second kappa shape index (κ2) is 39.6. The van der Waals surface area contributed by atoms with E-state index in [1.54, 1.807) is 0 Å². The van der Waals surface area contributed by atoms with E-state index in [4.69, 9.17) is 33.8 Å². The number of halogens is 1. The number of ether oxygens (including phenoxy) is 2. The first kappa shape index (κ1) is 90.8. The lowest BCUT2D eigenvalue weighted by Gasteiger charge is -2.46. The molecule has 4 aliphatic carbocycles. The lowest BCUT2D eigenvalue weighted by molar-refractivity contribution is -0.160. The minimum atomic E-state index is -2.20. The van der Waals surface area contributed by atoms with Crippen LogP contribution in [-0.4, -0.2) is 133 Å². The van der Waals surface area contributed by atoms with Gasteiger partial charge in [0.05, 0.1) is 55.2 Å². The first-order valence-electron chi connectivity index (χ1n) is 37.9. The number of carbonyl (C=O) groups is 4. The van der Waals surface area contributed by atoms with Crippen LogP contribution in [0.2, 0.25) is 72.5 Å². The van der Waals surface area contributed by atoms with Crippen LogP contribution in [0.15, 0.2) is 47.6 Å². The summed E-state index contributed by atoms with van der Waals surface area (Å²) in [5.41, 5.74) is 2.23. The average Bonchev–Trinajstić information content (AvgIpc) is 0.781. The zero-order valence-corrected chi connectivity index (χ0v) is 71.6. The Morgan fingerprint density at radius 2 is 0.969 bits per heavy atom. The van der Waals surface area contributed by atoms with Gasteiger partial charge >= 0.3 is 11.9 Å². The van der Waals surface area contributed by atoms with Gasteiger partial charge in [0.15, 0.2) is 32.3 Å². The summed E-state index contributed by atoms with van der Waals surface area (Å²) in [5.74, 6) is 0.183. The molecule has 0 aromatic carbocycles. The fraction of sp³-hybridized carbons (Fsp3) is 0.846. The molecule has 2 amide bonds. The van der Waals surface area contributed by atoms with E-state index in [0.717, 1.165) is 50.5 Å². The minimum absolute atomic E-state index is 0.00954. The first-order valence-corrected chi connectivity index (χ1v) is 50.6. The number of aliphatic hydroxyl groups is 3. The molecule has 0 bridgehead atoms. The van der Waals surface area contributed by atoms with E-state index in [1.165, 1.54) is 5.57 Å². The molecule has 0 saturated heterocycles. The summed E-state index contributed by atoms with van der Waals surface area (Å²) >= 11 is 6.15. The molecule has 5 N–H and O–H groups in total. The van der Waals surface area contributed by atoms with Crippen LogP contribution in [0, 0.1) is 47.3 Å². The maximum Gasteiger partial charge on any atom is 0.308 e. The van der Waals surface area contributed by atoms with E-state index in [1.807, 2.05) is 39.8 Å². The van der Waals surface area contributed by atoms with Crippen LogP contribution in [0.4, 0.5) is 0 Å². The average molecular weight is 1450 g/mol. The number of hydrogen-bond donors (Lipinski definition) is 5. The van der Waals surface area contributed by atoms with Crippen LogP contribution in [0.1, 0.15) is 241 Å². The molecule has 0 unspecified atom stereocenters. The van der Waals surface area contributed by atoms with Crippen molar-refractivity contribution >= 4 is 67.2 Å². The molecule has 0 spiro atoms. The highest BCUT2D eigenvalue weighted by Crippen LogP contribution is 2.49. The van der Waals surface area contributed by atoms with Gasteiger partial charge in [-0.3, -0.25) is 19.2 Å². The number of fused-ring (bicyclic) bond motifs is 2. The van der Waals surface area contributed by atoms with Gasteiger partial charge in [0.25, 0.3) is 0 Å². The van der Waals surface area contributed by atoms with Crippen molar-refractivity contribution in [3.63, 3.8) is 0 Å². The SMILES string of the molecule is CC(C)(C)[Si](C)(C)Cl.CCCCNC(=O)C[C@@H](C[C@@H](CC[C@@H]1[C@@H]2C(=C[C@H](O[Si](C)(C)C(C)(C)C)C[C@@H]2OC(=O)[C@@H](C)CC)C=C[C@@H]1C)O[Si](C)(C)C(C)(C)C)O[Si](C)(C)C(C)(C)C.CCCCNC(=O)C[C@H](O)C[C@H](O)CC[C@@H]1[C@@H]2C(=C[C@H](O)C[C@@H]2OC(=O)[C@@H](C)CC)C=C[C@@H]1C. The molecule has 19 heteroatoms. The topological polar surface area (TPSA) is 199 Å². The molecule has 97 heavy (non-hydrogen) atoms. The van der Waals surface area contributed by atoms with Crippen molar-refractivity contribution in [1.29, 1.82) is 0 Å². The second-order valence-electron chi connectivity index (χ2n) is 35.6. The maximum absolute atomic E-state index is 13.5. The molecule has 0 radical (unpaired) electrons. The third-order valence-electron chi connectivity index (χ3n) is 23.1. The molecular weight excluding hydrogens is 1300 g/mol. The van der Waals surface area contributed by atoms with Crippen LogP contribution < -0.4 is 10.6 Å². The van der Waals surface area contributed by atoms with Crippen molar-refractivity contribution < 1.29 is 57.2 Å². The Bertz CT molecular complexity index is 2530. The summed E-state index contributed by atoms with van der Waals surface area (Å²) in [6.07, 6.45) is 20.2. The number of allylic oxidation sites excluding steroid dienone is 4. The van der Waals surface area contributed by atoms with Gasteiger partial charge in [-0.25, -0.2) is 0 Å². The molecule has 0 saturated carbocycles. The summed E-state index contributed by atoms with van der Waals surface area (Å²) in [6, 6.07) is 0. The number of unbranched alkanes of at least 4 members (excludes halogenated alkanes) is 2. The van der Waals surface area contributed by atoms with E-state index in [0.29, 0.717) is 69.0 Å². The number of nitrogens with one attached hydrogen (secondary N) is 2. The van der Waals surface area contributed by atoms with Crippen LogP contribution in [0.3, 0.4) is 0 Å². The van der Waals surface area contributed by atoms with E-state index in [9.17, 15) is 34.5 Å². The van der Waals surface area contributed by atoms with Crippen LogP contribution in [0.5, 0.6) is 0 Å². The molecular formula is C78H147ClN2O12Si4. The minimum Gasteiger partial charge on any atom is -0.461 e. The third-order valence-corrected chi connectivity index (χ3v) is 42.0. The molecule has 14 nitrogen and oxygen atoms in total. The van der Waals surface area contributed by atoms with Gasteiger partial charge in [-0.05, 0) is 158 Å². The van der Waals surface area contributed by atoms with Crippen molar-refractivity contribution in [2.45, 2.75) is 363 Å². The van der Waals surface area contributed by atoms with Gasteiger partial charge in [-0.15, -0.1) is 0 Å². The monoisotopic (exact) mass is 1450 g/mol. The summed E-state index contributed by atoms with van der Waals surface area (Å²) in [7, 11) is -7.84. The number of hydrogen-bond acceptors (Lipinski definition) is 12. The molecule has 564 valence electrons. The zero-order chi connectivity index (χ0) is 74.6. The summed E-state index contributed by atoms with van der Waals surface area (Å²) < 4.78 is 33.8. The van der Waals surface area contributed by atoms with Gasteiger partial charge in [0.1, 0.15) is 12.2 Å². The molecule has 4 aliphatic rings. The number of amides is 2. The van der Waals surface area contributed by atoms with Gasteiger partial charge in [0, 0.05) is 43.9 Å². The van der Waals surface area contributed by atoms with Crippen LogP contribution >= 0.6 is 11.1 Å². The Balaban J connectivity index is 0.000000643. The summed E-state index contributed by atoms with van der Waals surface area (Å²) in [6.45, 7) is 63.1. The first-order chi connectivity index (χ1) is 44.4. The molecule has 0 aromatic heterocycles. The van der Waals surface area contributed by atoms with E-state index in [-0.39, 0.29) is 118 Å². The Morgan fingerprint density at radius 1 is 0.567 bits per heavy atom. The van der Waals surface area contributed by atoms with Gasteiger partial charge in [-0.2, -0.15) is 11.1 Å². The highest BCUT2D eigenvalue weighted by molar-refractivity contribution is 7.20. The fourth-order valence-corrected chi connectivity index (χ4v) is 16.0. The molecule has 0 aliphatic heterocycles. The van der Waals surface area contributed by atoms with E-state index in [2.05, 4.69) is 198 Å². The quantitative estimate of drug-likeness (QED) is 0.0185. The van der Waals surface area contributed by atoms with Gasteiger partial charge < -0.3 is 48.7 Å². The van der Waals surface area contributed by atoms with Crippen molar-refractivity contribution in [3.8, 4) is 0 Å². The van der Waals surface area contributed by atoms with Gasteiger partial charge in [0.2, 0.25) is 11.8 Å². The lowest BCUT2D eigenvalue weighted by Crippen LogP contribution is -2.49. The van der Waals surface area contributed by atoms with E-state index < -0.39 is 56.8 Å². The summed E-state index contributed by atoms with van der Waals surface area (Å²) in [4.78, 5) is 51.3. The third kappa shape index (κ3) is 29.8. The Kier molecular flexibility index (Phi) is 37.1. The van der Waals surface area contributed by atoms with E-state index >= 15 is 0 Å². The number of aliphatic hydroxyl groups excluding tert-OH is 3. The molecule has 0 fully saturated rings. The predicted molar refractivity (Wildman–Crippen MR) is 415 cm³/mol. The fourth-order valence-electron chi connectivity index (χ4n) is 12.0. The highest BCUT2D eigenvalue weighted by Gasteiger charge is 2.48. The van der Waals surface area contributed by atoms with Crippen molar-refractivity contribution in [3.05, 3.63) is 47.6 Å². The Morgan fingerprint density at radius 3 is 1.38 bits per heavy atom. The Hall–Kier alpha value is -2.24. The second-order valence-corrected chi connectivity index (χ2v) is 57.2. The maximum atomic E-state index is 13.5. The van der Waals surface area contributed by atoms with Crippen molar-refractivity contribution in [2.24, 2.45) is 47.3 Å². The number of esters is 2. The standard InChI is InChI=1S/C45H87NO6Si3.C27H45NO6.C6H15ClSi/c1-20-22-27-46-40(47)31-37(52-55(18,19)45(11,12)13)29-35(50-53(14,15)43(5,6)7)25-26-38-33(4)23-24-34-28-36(51-54(16,17)44(8,9)10)30-39(41(34)38)49-42(48)32(3)21-2;1-5-7-12-28-25(32)16-22(31)14-20(29)10-11-23-18(4)8-9-19-13-21(30)15-24(26(19)23)34-27(33)17(3)6-2;1-6(2,3)8(4,5)7/h23-24,28,32-33,35-39,41H,20-22,25-27,29-31H2,1-19H3,(H,46,47);8-9,13,17-18,20-24,26,29-31H,5-7,10-12,14-16H2,1-4H3,(H,28,32);1-5H3/t32-,33-,35+,36-,37+,38-,39-,41-;17-,18-,20+,21-,22+,23-,24-,26-;/m00./s1. The van der Waals surface area contributed by atoms with Gasteiger partial charge in [-0.1, -0.05) is 201 Å². The Labute approximate surface area is 602 Å². The molecule has 0 aromatic rings. The molecule has 16 atom stereocenters. The number of rotatable bonds is 32. The predicted octanol–water partition coefficient (Wildman–Crippen LogP) is 18.9. The largest absolute Gasteiger partial charge is 0.461 e. The smallest absolute Gasteiger partial charge is 0.308 e. The molecule has 0 heterocycles. The lowest BCUT2D eigenvalue weighted by atomic mass is 9.66. The summed E-state index contributed by atoms with van der Waals surface area (Å²) in [5, 5.41) is 37.6. The van der Waals surface area contributed by atoms with Crippen molar-refractivity contribution in [1.82, 2.24) is 10.6 Å².